The van der Waals surface area contributed by atoms with Crippen molar-refractivity contribution < 1.29 is 8.95 Å². The number of nitrogens with two attached hydrogens (primary N) is 1. The molecule has 0 spiro atoms. The van der Waals surface area contributed by atoms with Crippen molar-refractivity contribution >= 4 is 10.8 Å². The summed E-state index contributed by atoms with van der Waals surface area (Å²) in [5, 5.41) is 0.257. The maximum atomic E-state index is 11.7. The summed E-state index contributed by atoms with van der Waals surface area (Å²) in [6.07, 6.45) is 2.95. The fourth-order valence-corrected chi connectivity index (χ4v) is 3.00. The van der Waals surface area contributed by atoms with Gasteiger partial charge in [-0.2, -0.15) is 0 Å². The van der Waals surface area contributed by atoms with Crippen molar-refractivity contribution in [1.29, 1.82) is 0 Å². The van der Waals surface area contributed by atoms with Crippen molar-refractivity contribution in [2.75, 3.05) is 19.0 Å². The Morgan fingerprint density at radius 2 is 2.46 bits per heavy atom. The highest BCUT2D eigenvalue weighted by molar-refractivity contribution is 7.85. The summed E-state index contributed by atoms with van der Waals surface area (Å²) >= 11 is 0. The summed E-state index contributed by atoms with van der Waals surface area (Å²) in [5.74, 6) is 0.728. The molecule has 3 atom stereocenters. The van der Waals surface area contributed by atoms with Crippen molar-refractivity contribution in [2.24, 2.45) is 5.73 Å². The zero-order chi connectivity index (χ0) is 9.68. The highest BCUT2D eigenvalue weighted by Crippen LogP contribution is 2.13. The lowest BCUT2D eigenvalue weighted by Crippen LogP contribution is -2.30. The molecule has 0 aromatic rings. The summed E-state index contributed by atoms with van der Waals surface area (Å²) in [4.78, 5) is 0. The van der Waals surface area contributed by atoms with E-state index in [2.05, 4.69) is 0 Å². The van der Waals surface area contributed by atoms with Gasteiger partial charge >= 0.3 is 0 Å². The fourth-order valence-electron chi connectivity index (χ4n) is 1.39. The summed E-state index contributed by atoms with van der Waals surface area (Å²) in [7, 11) is -0.732. The Bertz CT molecular complexity index is 167. The van der Waals surface area contributed by atoms with Crippen LogP contribution in [0.1, 0.15) is 26.2 Å². The van der Waals surface area contributed by atoms with Crippen LogP contribution in [0.15, 0.2) is 0 Å². The van der Waals surface area contributed by atoms with Crippen LogP contribution < -0.4 is 5.73 Å². The van der Waals surface area contributed by atoms with Gasteiger partial charge in [-0.3, -0.25) is 4.21 Å². The topological polar surface area (TPSA) is 52.3 Å². The maximum Gasteiger partial charge on any atom is 0.0609 e. The molecule has 0 saturated carbocycles. The van der Waals surface area contributed by atoms with Crippen molar-refractivity contribution in [3.63, 3.8) is 0 Å². The van der Waals surface area contributed by atoms with Gasteiger partial charge in [-0.1, -0.05) is 0 Å². The van der Waals surface area contributed by atoms with Crippen LogP contribution in [0.2, 0.25) is 0 Å². The Labute approximate surface area is 82.5 Å². The third kappa shape index (κ3) is 4.20. The van der Waals surface area contributed by atoms with E-state index in [1.54, 1.807) is 0 Å². The second kappa shape index (κ2) is 5.73. The minimum Gasteiger partial charge on any atom is -0.380 e. The predicted molar refractivity (Wildman–Crippen MR) is 55.1 cm³/mol. The highest BCUT2D eigenvalue weighted by atomic mass is 32.2. The van der Waals surface area contributed by atoms with Gasteiger partial charge in [-0.05, 0) is 26.2 Å². The van der Waals surface area contributed by atoms with Gasteiger partial charge in [0.1, 0.15) is 0 Å². The molecule has 1 saturated heterocycles. The number of hydrogen-bond donors (Lipinski definition) is 1. The molecular weight excluding hydrogens is 186 g/mol. The van der Waals surface area contributed by atoms with E-state index in [1.165, 1.54) is 0 Å². The van der Waals surface area contributed by atoms with E-state index in [1.807, 2.05) is 6.92 Å². The Morgan fingerprint density at radius 3 is 3.00 bits per heavy atom. The molecule has 3 unspecified atom stereocenters. The van der Waals surface area contributed by atoms with Crippen LogP contribution in [-0.4, -0.2) is 34.5 Å². The fraction of sp³-hybridized carbons (Fsp3) is 1.00. The van der Waals surface area contributed by atoms with Crippen LogP contribution in [0.3, 0.4) is 0 Å². The van der Waals surface area contributed by atoms with Gasteiger partial charge in [0.25, 0.3) is 0 Å². The number of rotatable bonds is 4. The number of ether oxygens (including phenoxy) is 1. The van der Waals surface area contributed by atoms with Crippen LogP contribution in [0, 0.1) is 0 Å². The second-order valence-electron chi connectivity index (χ2n) is 3.69. The molecule has 1 aliphatic rings. The van der Waals surface area contributed by atoms with Crippen LogP contribution in [0.5, 0.6) is 0 Å². The standard InChI is InChI=1S/C9H19NO2S/c1-8(10)4-6-13(11)9-3-2-5-12-7-9/h8-9H,2-7,10H2,1H3. The predicted octanol–water partition coefficient (Wildman–Crippen LogP) is 0.651. The van der Waals surface area contributed by atoms with E-state index in [0.717, 1.165) is 31.6 Å². The van der Waals surface area contributed by atoms with Gasteiger partial charge in [0.15, 0.2) is 0 Å². The van der Waals surface area contributed by atoms with E-state index < -0.39 is 10.8 Å². The third-order valence-corrected chi connectivity index (χ3v) is 4.02. The highest BCUT2D eigenvalue weighted by Gasteiger charge is 2.19. The first-order valence-electron chi connectivity index (χ1n) is 4.90. The Morgan fingerprint density at radius 1 is 1.69 bits per heavy atom. The van der Waals surface area contributed by atoms with Crippen molar-refractivity contribution in [3.8, 4) is 0 Å². The van der Waals surface area contributed by atoms with Crippen molar-refractivity contribution in [2.45, 2.75) is 37.5 Å². The Hall–Kier alpha value is 0.0700. The molecule has 1 heterocycles. The molecule has 1 fully saturated rings. The van der Waals surface area contributed by atoms with Gasteiger partial charge in [0.05, 0.1) is 11.9 Å². The second-order valence-corrected chi connectivity index (χ2v) is 5.53. The normalized spacial score (nSPS) is 28.3. The van der Waals surface area contributed by atoms with Gasteiger partial charge in [-0.25, -0.2) is 0 Å². The summed E-state index contributed by atoms with van der Waals surface area (Å²) in [6, 6.07) is 0.161. The molecule has 0 amide bonds. The van der Waals surface area contributed by atoms with Crippen LogP contribution in [-0.2, 0) is 15.5 Å². The molecule has 0 aromatic heterocycles. The lowest BCUT2D eigenvalue weighted by molar-refractivity contribution is 0.100. The molecule has 1 aliphatic heterocycles. The molecule has 0 bridgehead atoms. The molecule has 78 valence electrons. The lowest BCUT2D eigenvalue weighted by Gasteiger charge is -2.21. The first-order valence-corrected chi connectivity index (χ1v) is 6.29. The zero-order valence-electron chi connectivity index (χ0n) is 8.20. The first kappa shape index (κ1) is 11.1. The molecule has 0 aliphatic carbocycles. The van der Waals surface area contributed by atoms with Crippen molar-refractivity contribution in [1.82, 2.24) is 0 Å². The molecule has 1 rings (SSSR count). The van der Waals surface area contributed by atoms with E-state index in [-0.39, 0.29) is 11.3 Å². The van der Waals surface area contributed by atoms with Crippen LogP contribution in [0.25, 0.3) is 0 Å². The Balaban J connectivity index is 2.21. The zero-order valence-corrected chi connectivity index (χ0v) is 9.02. The summed E-state index contributed by atoms with van der Waals surface area (Å²) in [6.45, 7) is 3.46. The SMILES string of the molecule is CC(N)CCS(=O)C1CCCOC1. The quantitative estimate of drug-likeness (QED) is 0.733. The molecule has 2 N–H and O–H groups in total. The minimum absolute atomic E-state index is 0.161. The van der Waals surface area contributed by atoms with Crippen LogP contribution >= 0.6 is 0 Å². The first-order chi connectivity index (χ1) is 6.20. The number of hydrogen-bond acceptors (Lipinski definition) is 3. The van der Waals surface area contributed by atoms with Crippen LogP contribution in [0.4, 0.5) is 0 Å². The average Bonchev–Trinajstić information content (AvgIpc) is 2.15. The molecule has 13 heavy (non-hydrogen) atoms. The van der Waals surface area contributed by atoms with E-state index in [0.29, 0.717) is 6.61 Å². The Kier molecular flexibility index (Phi) is 4.91. The molecule has 3 nitrogen and oxygen atoms in total. The average molecular weight is 205 g/mol. The van der Waals surface area contributed by atoms with E-state index in [9.17, 15) is 4.21 Å². The van der Waals surface area contributed by atoms with E-state index in [4.69, 9.17) is 10.5 Å². The third-order valence-electron chi connectivity index (χ3n) is 2.26. The van der Waals surface area contributed by atoms with E-state index >= 15 is 0 Å². The summed E-state index contributed by atoms with van der Waals surface area (Å²) < 4.78 is 17.0. The lowest BCUT2D eigenvalue weighted by atomic mass is 10.2. The van der Waals surface area contributed by atoms with Gasteiger partial charge in [0, 0.05) is 29.2 Å². The van der Waals surface area contributed by atoms with Gasteiger partial charge in [0.2, 0.25) is 0 Å². The monoisotopic (exact) mass is 205 g/mol. The molecule has 0 aromatic carbocycles. The van der Waals surface area contributed by atoms with Gasteiger partial charge in [-0.15, -0.1) is 0 Å². The minimum atomic E-state index is -0.732. The smallest absolute Gasteiger partial charge is 0.0609 e. The van der Waals surface area contributed by atoms with Gasteiger partial charge < -0.3 is 10.5 Å². The molecule has 0 radical (unpaired) electrons. The maximum absolute atomic E-state index is 11.7. The molecule has 4 heteroatoms. The van der Waals surface area contributed by atoms with Crippen molar-refractivity contribution in [3.05, 3.63) is 0 Å². The summed E-state index contributed by atoms with van der Waals surface area (Å²) in [5.41, 5.74) is 5.60. The molecular formula is C9H19NO2S. The largest absolute Gasteiger partial charge is 0.380 e.